The molecule has 7 nitrogen and oxygen atoms in total. The van der Waals surface area contributed by atoms with Crippen molar-refractivity contribution in [2.24, 2.45) is 0 Å². The Hall–Kier alpha value is -3.30. The first-order valence-electron chi connectivity index (χ1n) is 8.05. The molecule has 0 unspecified atom stereocenters. The van der Waals surface area contributed by atoms with Crippen LogP contribution in [0.1, 0.15) is 17.3 Å². The molecule has 1 aromatic carbocycles. The molecular formula is C17H13F3N4O3. The van der Waals surface area contributed by atoms with Crippen molar-refractivity contribution in [3.8, 4) is 0 Å². The molecule has 0 aliphatic carbocycles. The largest absolute Gasteiger partial charge is 0.530 e. The molecule has 0 saturated carbocycles. The van der Waals surface area contributed by atoms with Gasteiger partial charge in [0.15, 0.2) is 11.6 Å². The van der Waals surface area contributed by atoms with E-state index in [0.29, 0.717) is 22.9 Å². The van der Waals surface area contributed by atoms with Crippen molar-refractivity contribution in [1.82, 2.24) is 14.9 Å². The molecule has 0 bridgehead atoms. The number of benzene rings is 1. The van der Waals surface area contributed by atoms with Gasteiger partial charge in [-0.1, -0.05) is 0 Å². The second-order valence-corrected chi connectivity index (χ2v) is 6.37. The maximum Gasteiger partial charge on any atom is 0.248 e. The number of hydrogen-bond acceptors (Lipinski definition) is 4. The number of carboxylic acid groups (broad SMARTS) is 1. The molecule has 0 radical (unpaired) electrons. The van der Waals surface area contributed by atoms with Crippen molar-refractivity contribution in [2.75, 3.05) is 0 Å². The third-order valence-corrected chi connectivity index (χ3v) is 4.76. The normalized spacial score (nSPS) is 19.1. The predicted octanol–water partition coefficient (Wildman–Crippen LogP) is 0.620. The quantitative estimate of drug-likeness (QED) is 0.388. The van der Waals surface area contributed by atoms with E-state index in [2.05, 4.69) is 10.3 Å². The van der Waals surface area contributed by atoms with Gasteiger partial charge in [0.25, 0.3) is 0 Å². The minimum absolute atomic E-state index is 0.0485. The number of pyridine rings is 1. The number of nitrogens with zero attached hydrogens (tertiary/aromatic N) is 3. The fraction of sp³-hybridized carbons (Fsp3) is 0.235. The van der Waals surface area contributed by atoms with Crippen LogP contribution in [0, 0.1) is 17.5 Å². The summed E-state index contributed by atoms with van der Waals surface area (Å²) < 4.78 is 43.8. The molecule has 27 heavy (non-hydrogen) atoms. The molecule has 1 amide bonds. The summed E-state index contributed by atoms with van der Waals surface area (Å²) in [6.45, 7) is 0.0485. The summed E-state index contributed by atoms with van der Waals surface area (Å²) in [4.78, 5) is 15.5. The van der Waals surface area contributed by atoms with Crippen molar-refractivity contribution >= 4 is 17.1 Å². The Labute approximate surface area is 150 Å². The lowest BCUT2D eigenvalue weighted by Crippen LogP contribution is -2.50. The molecule has 3 aromatic rings. The molecule has 2 aromatic heterocycles. The average molecular weight is 378 g/mol. The molecular weight excluding hydrogens is 365 g/mol. The molecule has 0 saturated heterocycles. The molecule has 10 heteroatoms. The van der Waals surface area contributed by atoms with E-state index in [1.165, 1.54) is 12.4 Å². The van der Waals surface area contributed by atoms with Crippen LogP contribution in [-0.2, 0) is 13.0 Å². The van der Waals surface area contributed by atoms with Crippen molar-refractivity contribution in [3.63, 3.8) is 0 Å². The molecule has 0 fully saturated rings. The van der Waals surface area contributed by atoms with E-state index in [0.717, 1.165) is 10.8 Å². The summed E-state index contributed by atoms with van der Waals surface area (Å²) in [5.41, 5.74) is 0.946. The van der Waals surface area contributed by atoms with Gasteiger partial charge < -0.3 is 19.8 Å². The lowest BCUT2D eigenvalue weighted by Gasteiger charge is -2.34. The second kappa shape index (κ2) is 6.15. The van der Waals surface area contributed by atoms with Crippen LogP contribution in [0.2, 0.25) is 0 Å². The standard InChI is InChI=1S/C17H13F3N4O3/c18-10-5-12(20)11(19)3-8(10)9-4-16-21-13-1-2-23(27)7-15(13)24(16)6-14(9)22-17(25)26/h1-3,5,7,9,14,22H,4,6H2,(H-,25,26,27)/t9-,14+/m1/s1. The van der Waals surface area contributed by atoms with Gasteiger partial charge in [0.1, 0.15) is 28.8 Å². The van der Waals surface area contributed by atoms with Gasteiger partial charge in [-0.25, -0.2) is 18.2 Å². The molecule has 4 rings (SSSR count). The van der Waals surface area contributed by atoms with Crippen LogP contribution in [0.3, 0.4) is 0 Å². The highest BCUT2D eigenvalue weighted by atomic mass is 19.2. The molecule has 2 N–H and O–H groups in total. The van der Waals surface area contributed by atoms with Gasteiger partial charge in [-0.2, -0.15) is 0 Å². The van der Waals surface area contributed by atoms with E-state index in [4.69, 9.17) is 0 Å². The number of imidazole rings is 1. The molecule has 1 aliphatic heterocycles. The molecule has 1 aliphatic rings. The van der Waals surface area contributed by atoms with Crippen LogP contribution < -0.4 is 15.2 Å². The number of fused-ring (bicyclic) bond motifs is 3. The van der Waals surface area contributed by atoms with E-state index in [1.54, 1.807) is 10.6 Å². The van der Waals surface area contributed by atoms with Crippen LogP contribution >= 0.6 is 0 Å². The summed E-state index contributed by atoms with van der Waals surface area (Å²) in [5, 5.41) is 22.9. The van der Waals surface area contributed by atoms with Gasteiger partial charge in [-0.15, -0.1) is 0 Å². The number of carbonyl (C=O) groups is 1. The van der Waals surface area contributed by atoms with Crippen molar-refractivity contribution in [2.45, 2.75) is 24.9 Å². The van der Waals surface area contributed by atoms with E-state index >= 15 is 0 Å². The lowest BCUT2D eigenvalue weighted by atomic mass is 9.85. The average Bonchev–Trinajstić information content (AvgIpc) is 2.94. The van der Waals surface area contributed by atoms with E-state index in [1.807, 2.05) is 0 Å². The highest BCUT2D eigenvalue weighted by molar-refractivity contribution is 5.74. The highest BCUT2D eigenvalue weighted by Crippen LogP contribution is 2.34. The van der Waals surface area contributed by atoms with Crippen LogP contribution in [0.4, 0.5) is 18.0 Å². The number of aromatic nitrogens is 3. The number of nitrogens with one attached hydrogen (secondary N) is 1. The summed E-state index contributed by atoms with van der Waals surface area (Å²) in [6, 6.07) is 1.87. The maximum atomic E-state index is 14.3. The van der Waals surface area contributed by atoms with E-state index in [-0.39, 0.29) is 18.5 Å². The van der Waals surface area contributed by atoms with Gasteiger partial charge >= 0.3 is 0 Å². The number of carbonyl (C=O) groups excluding carboxylic acids is 1. The van der Waals surface area contributed by atoms with Crippen LogP contribution in [-0.4, -0.2) is 26.9 Å². The topological polar surface area (TPSA) is 94.1 Å². The molecule has 140 valence electrons. The Morgan fingerprint density at radius 2 is 2.04 bits per heavy atom. The highest BCUT2D eigenvalue weighted by Gasteiger charge is 2.34. The smallest absolute Gasteiger partial charge is 0.248 e. The lowest BCUT2D eigenvalue weighted by molar-refractivity contribution is -0.904. The summed E-state index contributed by atoms with van der Waals surface area (Å²) in [7, 11) is 0. The second-order valence-electron chi connectivity index (χ2n) is 6.37. The third kappa shape index (κ3) is 2.92. The molecule has 2 atom stereocenters. The number of rotatable bonds is 2. The van der Waals surface area contributed by atoms with E-state index < -0.39 is 35.5 Å². The monoisotopic (exact) mass is 378 g/mol. The number of halogens is 3. The summed E-state index contributed by atoms with van der Waals surface area (Å²) in [5.74, 6) is -3.83. The first-order chi connectivity index (χ1) is 12.8. The van der Waals surface area contributed by atoms with Gasteiger partial charge in [-0.05, 0) is 11.6 Å². The van der Waals surface area contributed by atoms with Gasteiger partial charge in [0, 0.05) is 35.7 Å². The Bertz CT molecular complexity index is 1070. The first-order valence-corrected chi connectivity index (χ1v) is 8.05. The Kier molecular flexibility index (Phi) is 3.90. The van der Waals surface area contributed by atoms with Crippen LogP contribution in [0.15, 0.2) is 30.6 Å². The zero-order chi connectivity index (χ0) is 19.3. The van der Waals surface area contributed by atoms with Crippen molar-refractivity contribution < 1.29 is 33.0 Å². The Morgan fingerprint density at radius 3 is 2.78 bits per heavy atom. The minimum atomic E-state index is -1.57. The maximum absolute atomic E-state index is 14.3. The van der Waals surface area contributed by atoms with Crippen LogP contribution in [0.5, 0.6) is 0 Å². The van der Waals surface area contributed by atoms with Crippen LogP contribution in [0.25, 0.3) is 11.0 Å². The Balaban J connectivity index is 1.83. The van der Waals surface area contributed by atoms with E-state index in [9.17, 15) is 28.3 Å². The molecule has 0 spiro atoms. The minimum Gasteiger partial charge on any atom is -0.530 e. The SMILES string of the molecule is O=C([O-])N[C@H]1Cn2c(nc3cc[n+](O)cc32)C[C@@H]1c1cc(F)c(F)cc1F. The summed E-state index contributed by atoms with van der Waals surface area (Å²) in [6.07, 6.45) is 1.29. The fourth-order valence-corrected chi connectivity index (χ4v) is 3.58. The number of amides is 1. The molecule has 3 heterocycles. The Morgan fingerprint density at radius 1 is 1.30 bits per heavy atom. The number of hydrogen-bond donors (Lipinski definition) is 2. The summed E-state index contributed by atoms with van der Waals surface area (Å²) >= 11 is 0. The zero-order valence-electron chi connectivity index (χ0n) is 13.7. The van der Waals surface area contributed by atoms with Crippen molar-refractivity contribution in [3.05, 3.63) is 59.4 Å². The first kappa shape index (κ1) is 17.1. The van der Waals surface area contributed by atoms with Gasteiger partial charge in [-0.3, -0.25) is 5.21 Å². The van der Waals surface area contributed by atoms with Gasteiger partial charge in [0.2, 0.25) is 12.4 Å². The third-order valence-electron chi connectivity index (χ3n) is 4.76. The van der Waals surface area contributed by atoms with Gasteiger partial charge in [0.05, 0.1) is 6.04 Å². The van der Waals surface area contributed by atoms with Crippen molar-refractivity contribution in [1.29, 1.82) is 0 Å². The predicted molar refractivity (Wildman–Crippen MR) is 82.2 cm³/mol. The fourth-order valence-electron chi connectivity index (χ4n) is 3.58. The zero-order valence-corrected chi connectivity index (χ0v) is 13.7.